The van der Waals surface area contributed by atoms with Crippen molar-refractivity contribution in [2.75, 3.05) is 0 Å². The molecule has 1 aromatic carbocycles. The first-order chi connectivity index (χ1) is 9.05. The lowest BCUT2D eigenvalue weighted by Crippen LogP contribution is -2.30. The molecule has 0 saturated heterocycles. The fourth-order valence-electron chi connectivity index (χ4n) is 2.44. The highest BCUT2D eigenvalue weighted by atomic mass is 19.4. The first-order valence-electron chi connectivity index (χ1n) is 6.16. The normalized spacial score (nSPS) is 15.2. The van der Waals surface area contributed by atoms with E-state index >= 15 is 0 Å². The highest BCUT2D eigenvalue weighted by Crippen LogP contribution is 2.40. The second-order valence-corrected chi connectivity index (χ2v) is 5.16. The van der Waals surface area contributed by atoms with Crippen LogP contribution in [0.4, 0.5) is 18.9 Å². The standard InChI is InChI=1S/C13H17F3N2O2/c1-7(2)12(8(3)17)10-5-4-9(18(19)20)6-11(10)13(14,15)16/h4-8,12H,17H2,1-3H3. The summed E-state index contributed by atoms with van der Waals surface area (Å²) in [4.78, 5) is 9.80. The van der Waals surface area contributed by atoms with Gasteiger partial charge in [0.2, 0.25) is 0 Å². The highest BCUT2D eigenvalue weighted by molar-refractivity contribution is 5.43. The predicted molar refractivity (Wildman–Crippen MR) is 69.3 cm³/mol. The molecule has 7 heteroatoms. The molecule has 0 saturated carbocycles. The molecule has 1 rings (SSSR count). The molecule has 0 aliphatic rings. The summed E-state index contributed by atoms with van der Waals surface area (Å²) >= 11 is 0. The second kappa shape index (κ2) is 5.78. The van der Waals surface area contributed by atoms with Gasteiger partial charge < -0.3 is 5.73 Å². The number of nitrogens with zero attached hydrogens (tertiary/aromatic N) is 1. The minimum Gasteiger partial charge on any atom is -0.327 e. The molecule has 2 unspecified atom stereocenters. The van der Waals surface area contributed by atoms with Crippen molar-refractivity contribution >= 4 is 5.69 Å². The van der Waals surface area contributed by atoms with Gasteiger partial charge in [0, 0.05) is 24.1 Å². The third-order valence-electron chi connectivity index (χ3n) is 3.20. The van der Waals surface area contributed by atoms with E-state index in [1.165, 1.54) is 0 Å². The summed E-state index contributed by atoms with van der Waals surface area (Å²) in [6.07, 6.45) is -4.65. The van der Waals surface area contributed by atoms with Crippen molar-refractivity contribution in [2.45, 2.75) is 38.9 Å². The minimum absolute atomic E-state index is 0.00750. The smallest absolute Gasteiger partial charge is 0.327 e. The number of hydrogen-bond donors (Lipinski definition) is 1. The molecule has 0 heterocycles. The van der Waals surface area contributed by atoms with Gasteiger partial charge in [-0.2, -0.15) is 13.2 Å². The molecule has 0 aliphatic carbocycles. The lowest BCUT2D eigenvalue weighted by Gasteiger charge is -2.27. The van der Waals surface area contributed by atoms with Crippen molar-refractivity contribution in [3.05, 3.63) is 39.4 Å². The van der Waals surface area contributed by atoms with Gasteiger partial charge in [0.05, 0.1) is 10.5 Å². The summed E-state index contributed by atoms with van der Waals surface area (Å²) in [6.45, 7) is 5.18. The number of benzene rings is 1. The molecule has 20 heavy (non-hydrogen) atoms. The number of nitro benzene ring substituents is 1. The SMILES string of the molecule is CC(C)C(c1ccc([N+](=O)[O-])cc1C(F)(F)F)C(C)N. The second-order valence-electron chi connectivity index (χ2n) is 5.16. The van der Waals surface area contributed by atoms with Crippen LogP contribution in [-0.4, -0.2) is 11.0 Å². The number of non-ortho nitro benzene ring substituents is 1. The molecule has 2 atom stereocenters. The van der Waals surface area contributed by atoms with Gasteiger partial charge in [0.15, 0.2) is 0 Å². The number of halogens is 3. The average molecular weight is 290 g/mol. The van der Waals surface area contributed by atoms with E-state index in [2.05, 4.69) is 0 Å². The number of hydrogen-bond acceptors (Lipinski definition) is 3. The van der Waals surface area contributed by atoms with Crippen LogP contribution in [-0.2, 0) is 6.18 Å². The molecular formula is C13H17F3N2O2. The van der Waals surface area contributed by atoms with Gasteiger partial charge in [-0.25, -0.2) is 0 Å². The first-order valence-corrected chi connectivity index (χ1v) is 6.16. The summed E-state index contributed by atoms with van der Waals surface area (Å²) < 4.78 is 39.3. The van der Waals surface area contributed by atoms with Crippen molar-refractivity contribution in [3.8, 4) is 0 Å². The average Bonchev–Trinajstić information content (AvgIpc) is 2.26. The largest absolute Gasteiger partial charge is 0.416 e. The predicted octanol–water partition coefficient (Wildman–Crippen LogP) is 3.70. The van der Waals surface area contributed by atoms with Crippen LogP contribution in [0.5, 0.6) is 0 Å². The number of nitro groups is 1. The van der Waals surface area contributed by atoms with Crippen LogP contribution in [0.1, 0.15) is 37.8 Å². The maximum absolute atomic E-state index is 13.1. The fraction of sp³-hybridized carbons (Fsp3) is 0.538. The Balaban J connectivity index is 3.49. The van der Waals surface area contributed by atoms with Crippen molar-refractivity contribution in [3.63, 3.8) is 0 Å². The van der Waals surface area contributed by atoms with E-state index in [-0.39, 0.29) is 11.5 Å². The summed E-state index contributed by atoms with van der Waals surface area (Å²) in [5, 5.41) is 10.6. The van der Waals surface area contributed by atoms with Gasteiger partial charge in [-0.15, -0.1) is 0 Å². The van der Waals surface area contributed by atoms with Crippen LogP contribution in [0.2, 0.25) is 0 Å². The Labute approximate surface area is 114 Å². The van der Waals surface area contributed by atoms with Crippen LogP contribution in [0.3, 0.4) is 0 Å². The first kappa shape index (κ1) is 16.4. The minimum atomic E-state index is -4.65. The van der Waals surface area contributed by atoms with Crippen molar-refractivity contribution in [1.29, 1.82) is 0 Å². The maximum atomic E-state index is 13.1. The van der Waals surface area contributed by atoms with E-state index in [4.69, 9.17) is 5.73 Å². The Morgan fingerprint density at radius 3 is 2.15 bits per heavy atom. The van der Waals surface area contributed by atoms with Crippen LogP contribution in [0, 0.1) is 16.0 Å². The zero-order valence-corrected chi connectivity index (χ0v) is 11.4. The van der Waals surface area contributed by atoms with Crippen LogP contribution in [0.25, 0.3) is 0 Å². The van der Waals surface area contributed by atoms with E-state index in [9.17, 15) is 23.3 Å². The Morgan fingerprint density at radius 2 is 1.80 bits per heavy atom. The monoisotopic (exact) mass is 290 g/mol. The molecule has 112 valence electrons. The number of nitrogens with two attached hydrogens (primary N) is 1. The molecule has 2 N–H and O–H groups in total. The number of rotatable bonds is 4. The Kier molecular flexibility index (Phi) is 4.75. The van der Waals surface area contributed by atoms with Crippen molar-refractivity contribution in [1.82, 2.24) is 0 Å². The van der Waals surface area contributed by atoms with E-state index in [0.29, 0.717) is 6.07 Å². The Hall–Kier alpha value is -1.63. The quantitative estimate of drug-likeness (QED) is 0.679. The lowest BCUT2D eigenvalue weighted by molar-refractivity contribution is -0.385. The van der Waals surface area contributed by atoms with Crippen LogP contribution in [0.15, 0.2) is 18.2 Å². The highest BCUT2D eigenvalue weighted by Gasteiger charge is 2.38. The van der Waals surface area contributed by atoms with E-state index in [1.54, 1.807) is 20.8 Å². The topological polar surface area (TPSA) is 69.2 Å². The summed E-state index contributed by atoms with van der Waals surface area (Å²) in [7, 11) is 0. The third-order valence-corrected chi connectivity index (χ3v) is 3.20. The molecule has 0 fully saturated rings. The third kappa shape index (κ3) is 3.47. The molecule has 1 aromatic rings. The molecular weight excluding hydrogens is 273 g/mol. The van der Waals surface area contributed by atoms with E-state index in [1.807, 2.05) is 0 Å². The van der Waals surface area contributed by atoms with Crippen molar-refractivity contribution < 1.29 is 18.1 Å². The van der Waals surface area contributed by atoms with E-state index in [0.717, 1.165) is 12.1 Å². The molecule has 0 radical (unpaired) electrons. The van der Waals surface area contributed by atoms with Crippen LogP contribution < -0.4 is 5.73 Å². The van der Waals surface area contributed by atoms with Gasteiger partial charge in [0.1, 0.15) is 0 Å². The lowest BCUT2D eigenvalue weighted by atomic mass is 9.81. The van der Waals surface area contributed by atoms with Gasteiger partial charge >= 0.3 is 6.18 Å². The molecule has 0 bridgehead atoms. The zero-order valence-electron chi connectivity index (χ0n) is 11.4. The Morgan fingerprint density at radius 1 is 1.25 bits per heavy atom. The molecule has 0 aromatic heterocycles. The summed E-state index contributed by atoms with van der Waals surface area (Å²) in [5.41, 5.74) is 4.23. The van der Waals surface area contributed by atoms with Gasteiger partial charge in [-0.1, -0.05) is 19.9 Å². The zero-order chi connectivity index (χ0) is 15.7. The van der Waals surface area contributed by atoms with E-state index < -0.39 is 34.3 Å². The molecule has 0 spiro atoms. The number of alkyl halides is 3. The maximum Gasteiger partial charge on any atom is 0.416 e. The summed E-state index contributed by atoms with van der Waals surface area (Å²) in [5.74, 6) is -0.634. The fourth-order valence-corrected chi connectivity index (χ4v) is 2.44. The molecule has 0 aliphatic heterocycles. The molecule has 0 amide bonds. The van der Waals surface area contributed by atoms with Crippen LogP contribution >= 0.6 is 0 Å². The summed E-state index contributed by atoms with van der Waals surface area (Å²) in [6, 6.07) is 2.34. The van der Waals surface area contributed by atoms with Gasteiger partial charge in [-0.05, 0) is 18.4 Å². The van der Waals surface area contributed by atoms with Gasteiger partial charge in [-0.3, -0.25) is 10.1 Å². The van der Waals surface area contributed by atoms with Gasteiger partial charge in [0.25, 0.3) is 5.69 Å². The Bertz CT molecular complexity index is 491. The van der Waals surface area contributed by atoms with Crippen molar-refractivity contribution in [2.24, 2.45) is 11.7 Å². The molecule has 4 nitrogen and oxygen atoms in total.